The van der Waals surface area contributed by atoms with Crippen LogP contribution < -0.4 is 0 Å². The van der Waals surface area contributed by atoms with E-state index in [0.29, 0.717) is 11.1 Å². The maximum Gasteiger partial charge on any atom is 0.308 e. The summed E-state index contributed by atoms with van der Waals surface area (Å²) in [6.45, 7) is 4.39. The van der Waals surface area contributed by atoms with Crippen molar-refractivity contribution >= 4 is 29.5 Å². The van der Waals surface area contributed by atoms with Gasteiger partial charge in [-0.15, -0.1) is 11.6 Å². The van der Waals surface area contributed by atoms with Gasteiger partial charge < -0.3 is 24.1 Å². The molecule has 0 amide bonds. The van der Waals surface area contributed by atoms with E-state index < -0.39 is 41.8 Å². The van der Waals surface area contributed by atoms with Crippen molar-refractivity contribution in [2.45, 2.75) is 51.6 Å². The molecule has 0 radical (unpaired) electrons. The van der Waals surface area contributed by atoms with Crippen molar-refractivity contribution in [3.63, 3.8) is 0 Å². The third-order valence-corrected chi connectivity index (χ3v) is 4.83. The summed E-state index contributed by atoms with van der Waals surface area (Å²) in [7, 11) is 0. The van der Waals surface area contributed by atoms with Gasteiger partial charge >= 0.3 is 17.9 Å². The van der Waals surface area contributed by atoms with Gasteiger partial charge in [0.2, 0.25) is 0 Å². The van der Waals surface area contributed by atoms with E-state index >= 15 is 0 Å². The van der Waals surface area contributed by atoms with Crippen molar-refractivity contribution in [1.82, 2.24) is 0 Å². The summed E-state index contributed by atoms with van der Waals surface area (Å²) in [5, 5.41) is 11.1. The first-order valence-electron chi connectivity index (χ1n) is 8.64. The van der Waals surface area contributed by atoms with Crippen molar-refractivity contribution in [3.05, 3.63) is 23.5 Å². The molecule has 0 aromatic rings. The van der Waals surface area contributed by atoms with E-state index in [1.54, 1.807) is 13.8 Å². The maximum absolute atomic E-state index is 11.8. The van der Waals surface area contributed by atoms with Gasteiger partial charge in [0, 0.05) is 25.3 Å². The number of hydrogen-bond donors (Lipinski definition) is 1. The Morgan fingerprint density at radius 1 is 1.22 bits per heavy atom. The molecule has 1 heterocycles. The molecule has 1 aliphatic carbocycles. The molecule has 4 atom stereocenters. The molecule has 2 rings (SSSR count). The summed E-state index contributed by atoms with van der Waals surface area (Å²) in [5.74, 6) is -2.75. The smallest absolute Gasteiger partial charge is 0.308 e. The molecule has 4 unspecified atom stereocenters. The predicted octanol–water partition coefficient (Wildman–Crippen LogP) is 1.59. The monoisotopic (exact) mass is 402 g/mol. The fraction of sp³-hybridized carbons (Fsp3) is 0.611. The number of fused-ring (bicyclic) bond motifs is 1. The second-order valence-corrected chi connectivity index (χ2v) is 6.53. The van der Waals surface area contributed by atoms with Crippen LogP contribution in [0.5, 0.6) is 0 Å². The highest BCUT2D eigenvalue weighted by Crippen LogP contribution is 2.47. The summed E-state index contributed by atoms with van der Waals surface area (Å²) >= 11 is 6.00. The molecule has 0 saturated heterocycles. The predicted molar refractivity (Wildman–Crippen MR) is 93.4 cm³/mol. The number of ether oxygens (including phenoxy) is 4. The lowest BCUT2D eigenvalue weighted by Crippen LogP contribution is -2.54. The number of aliphatic hydroxyl groups is 1. The molecule has 2 aliphatic rings. The van der Waals surface area contributed by atoms with E-state index in [1.165, 1.54) is 19.3 Å². The standard InChI is InChI=1S/C18H23ClO8/c1-4-14(21)24-7-11-8-25-17(27-15(22)5-2)16-12(11)6-13(26-10(3)20)18(16,23)9-19/h6,8,13,16-17,23H,4-5,7,9H2,1-3H3. The first-order chi connectivity index (χ1) is 12.8. The Hall–Kier alpha value is -2.06. The van der Waals surface area contributed by atoms with Crippen LogP contribution in [0.15, 0.2) is 23.5 Å². The van der Waals surface area contributed by atoms with Crippen LogP contribution in [0.3, 0.4) is 0 Å². The van der Waals surface area contributed by atoms with Crippen molar-refractivity contribution in [2.24, 2.45) is 5.92 Å². The number of hydrogen-bond acceptors (Lipinski definition) is 8. The van der Waals surface area contributed by atoms with Crippen molar-refractivity contribution in [1.29, 1.82) is 0 Å². The lowest BCUT2D eigenvalue weighted by atomic mass is 9.82. The molecule has 0 aromatic carbocycles. The van der Waals surface area contributed by atoms with Crippen molar-refractivity contribution in [2.75, 3.05) is 12.5 Å². The van der Waals surface area contributed by atoms with Crippen LogP contribution >= 0.6 is 11.6 Å². The Bertz CT molecular complexity index is 670. The zero-order valence-electron chi connectivity index (χ0n) is 15.4. The van der Waals surface area contributed by atoms with Crippen LogP contribution in [0.25, 0.3) is 0 Å². The average molecular weight is 403 g/mol. The molecule has 0 saturated carbocycles. The Balaban J connectivity index is 2.37. The summed E-state index contributed by atoms with van der Waals surface area (Å²) in [4.78, 5) is 34.7. The molecule has 9 heteroatoms. The largest absolute Gasteiger partial charge is 0.461 e. The minimum atomic E-state index is -1.75. The van der Waals surface area contributed by atoms with Crippen LogP contribution in [-0.2, 0) is 33.3 Å². The highest BCUT2D eigenvalue weighted by molar-refractivity contribution is 6.18. The molecule has 0 fully saturated rings. The first-order valence-corrected chi connectivity index (χ1v) is 9.17. The van der Waals surface area contributed by atoms with Gasteiger partial charge in [0.05, 0.1) is 18.1 Å². The maximum atomic E-state index is 11.8. The highest BCUT2D eigenvalue weighted by Gasteiger charge is 2.58. The zero-order valence-corrected chi connectivity index (χ0v) is 16.2. The van der Waals surface area contributed by atoms with Gasteiger partial charge in [-0.2, -0.15) is 0 Å². The summed E-state index contributed by atoms with van der Waals surface area (Å²) in [6.07, 6.45) is 0.929. The van der Waals surface area contributed by atoms with E-state index in [0.717, 1.165) is 0 Å². The highest BCUT2D eigenvalue weighted by atomic mass is 35.5. The third-order valence-electron chi connectivity index (χ3n) is 4.41. The van der Waals surface area contributed by atoms with Crippen LogP contribution in [0.1, 0.15) is 33.6 Å². The van der Waals surface area contributed by atoms with E-state index in [9.17, 15) is 19.5 Å². The Kier molecular flexibility index (Phi) is 6.89. The Morgan fingerprint density at radius 2 is 1.89 bits per heavy atom. The van der Waals surface area contributed by atoms with Gasteiger partial charge in [-0.25, -0.2) is 0 Å². The van der Waals surface area contributed by atoms with Gasteiger partial charge in [-0.3, -0.25) is 14.4 Å². The van der Waals surface area contributed by atoms with E-state index in [1.807, 2.05) is 0 Å². The SMILES string of the molecule is CCC(=O)OCC1=COC(OC(=O)CC)C2C1=CC(OC(C)=O)C2(O)CCl. The molecule has 150 valence electrons. The minimum absolute atomic E-state index is 0.103. The molecular formula is C18H23ClO8. The second kappa shape index (κ2) is 8.75. The number of carbonyl (C=O) groups is 3. The second-order valence-electron chi connectivity index (χ2n) is 6.26. The van der Waals surface area contributed by atoms with Gasteiger partial charge in [0.1, 0.15) is 12.2 Å². The summed E-state index contributed by atoms with van der Waals surface area (Å²) in [5.41, 5.74) is -0.799. The first kappa shape index (κ1) is 21.2. The fourth-order valence-electron chi connectivity index (χ4n) is 3.00. The van der Waals surface area contributed by atoms with Crippen LogP contribution in [0.2, 0.25) is 0 Å². The molecular weight excluding hydrogens is 380 g/mol. The minimum Gasteiger partial charge on any atom is -0.461 e. The molecule has 27 heavy (non-hydrogen) atoms. The number of halogens is 1. The average Bonchev–Trinajstić information content (AvgIpc) is 2.93. The fourth-order valence-corrected chi connectivity index (χ4v) is 3.32. The van der Waals surface area contributed by atoms with Crippen molar-refractivity contribution < 1.29 is 38.4 Å². The van der Waals surface area contributed by atoms with Crippen LogP contribution in [0, 0.1) is 5.92 Å². The van der Waals surface area contributed by atoms with Crippen LogP contribution in [0.4, 0.5) is 0 Å². The normalized spacial score (nSPS) is 29.0. The topological polar surface area (TPSA) is 108 Å². The van der Waals surface area contributed by atoms with Crippen LogP contribution in [-0.4, -0.2) is 53.5 Å². The van der Waals surface area contributed by atoms with E-state index in [4.69, 9.17) is 30.5 Å². The Labute approximate surface area is 162 Å². The lowest BCUT2D eigenvalue weighted by Gasteiger charge is -2.39. The molecule has 1 aliphatic heterocycles. The number of esters is 3. The number of carbonyl (C=O) groups excluding carboxylic acids is 3. The lowest BCUT2D eigenvalue weighted by molar-refractivity contribution is -0.202. The quantitative estimate of drug-likeness (QED) is 0.388. The van der Waals surface area contributed by atoms with Gasteiger partial charge in [-0.05, 0) is 11.6 Å². The van der Waals surface area contributed by atoms with Gasteiger partial charge in [-0.1, -0.05) is 13.8 Å². The summed E-state index contributed by atoms with van der Waals surface area (Å²) < 4.78 is 21.1. The molecule has 8 nitrogen and oxygen atoms in total. The van der Waals surface area contributed by atoms with Gasteiger partial charge in [0.25, 0.3) is 6.29 Å². The Morgan fingerprint density at radius 3 is 2.44 bits per heavy atom. The molecule has 0 aromatic heterocycles. The summed E-state index contributed by atoms with van der Waals surface area (Å²) in [6, 6.07) is 0. The van der Waals surface area contributed by atoms with E-state index in [-0.39, 0.29) is 25.3 Å². The number of rotatable bonds is 7. The number of alkyl halides is 1. The zero-order chi connectivity index (χ0) is 20.2. The molecule has 0 bridgehead atoms. The third kappa shape index (κ3) is 4.44. The molecule has 1 N–H and O–H groups in total. The molecule has 0 spiro atoms. The van der Waals surface area contributed by atoms with Gasteiger partial charge in [0.15, 0.2) is 6.10 Å². The van der Waals surface area contributed by atoms with E-state index in [2.05, 4.69) is 0 Å². The van der Waals surface area contributed by atoms with Crippen molar-refractivity contribution in [3.8, 4) is 0 Å².